The Kier molecular flexibility index (Phi) is 4.95. The molecule has 1 aromatic carbocycles. The second-order valence-corrected chi connectivity index (χ2v) is 8.63. The van der Waals surface area contributed by atoms with E-state index in [1.807, 2.05) is 45.9 Å². The van der Waals surface area contributed by atoms with E-state index in [-0.39, 0.29) is 11.9 Å². The number of hydrogen-bond donors (Lipinski definition) is 0. The van der Waals surface area contributed by atoms with Gasteiger partial charge in [0.15, 0.2) is 0 Å². The lowest BCUT2D eigenvalue weighted by Crippen LogP contribution is -2.43. The summed E-state index contributed by atoms with van der Waals surface area (Å²) >= 11 is 0. The molecule has 1 fully saturated rings. The van der Waals surface area contributed by atoms with Gasteiger partial charge in [-0.3, -0.25) is 9.48 Å². The van der Waals surface area contributed by atoms with Gasteiger partial charge in [0.1, 0.15) is 11.3 Å². The van der Waals surface area contributed by atoms with Crippen molar-refractivity contribution in [2.45, 2.75) is 60.2 Å². The van der Waals surface area contributed by atoms with Crippen LogP contribution in [0.25, 0.3) is 0 Å². The van der Waals surface area contributed by atoms with Crippen molar-refractivity contribution in [3.05, 3.63) is 64.3 Å². The largest absolute Gasteiger partial charge is 0.361 e. The third kappa shape index (κ3) is 3.41. The van der Waals surface area contributed by atoms with E-state index in [1.165, 1.54) is 4.90 Å². The van der Waals surface area contributed by atoms with Crippen molar-refractivity contribution < 1.29 is 14.1 Å². The number of rotatable bonds is 5. The van der Waals surface area contributed by atoms with E-state index in [2.05, 4.69) is 10.3 Å². The minimum Gasteiger partial charge on any atom is -0.361 e. The second kappa shape index (κ2) is 7.37. The number of imide groups is 1. The Morgan fingerprint density at radius 3 is 2.48 bits per heavy atom. The fraction of sp³-hybridized carbons (Fsp3) is 0.391. The fourth-order valence-corrected chi connectivity index (χ4v) is 3.93. The highest BCUT2D eigenvalue weighted by atomic mass is 16.5. The monoisotopic (exact) mass is 421 g/mol. The predicted octanol–water partition coefficient (Wildman–Crippen LogP) is 3.90. The number of amides is 3. The molecule has 31 heavy (non-hydrogen) atoms. The van der Waals surface area contributed by atoms with Gasteiger partial charge in [0, 0.05) is 18.3 Å². The average molecular weight is 422 g/mol. The number of carbonyl (C=O) groups excluding carboxylic acids is 2. The minimum absolute atomic E-state index is 0.264. The van der Waals surface area contributed by atoms with E-state index >= 15 is 0 Å². The van der Waals surface area contributed by atoms with Crippen molar-refractivity contribution in [3.8, 4) is 0 Å². The molecule has 0 N–H and O–H groups in total. The molecule has 0 radical (unpaired) electrons. The van der Waals surface area contributed by atoms with Crippen molar-refractivity contribution in [2.24, 2.45) is 0 Å². The van der Waals surface area contributed by atoms with Crippen LogP contribution in [-0.4, -0.2) is 37.3 Å². The number of aromatic nitrogens is 3. The van der Waals surface area contributed by atoms with Gasteiger partial charge in [-0.1, -0.05) is 23.4 Å². The second-order valence-electron chi connectivity index (χ2n) is 8.63. The van der Waals surface area contributed by atoms with E-state index in [1.54, 1.807) is 35.8 Å². The van der Waals surface area contributed by atoms with Gasteiger partial charge in [-0.2, -0.15) is 5.10 Å². The summed E-state index contributed by atoms with van der Waals surface area (Å²) in [6.07, 6.45) is 3.25. The van der Waals surface area contributed by atoms with Crippen LogP contribution in [0.4, 0.5) is 10.5 Å². The van der Waals surface area contributed by atoms with Gasteiger partial charge in [0.25, 0.3) is 5.91 Å². The Morgan fingerprint density at radius 1 is 1.06 bits per heavy atom. The van der Waals surface area contributed by atoms with E-state index in [0.29, 0.717) is 18.8 Å². The lowest BCUT2D eigenvalue weighted by molar-refractivity contribution is -0.123. The number of anilines is 1. The topological polar surface area (TPSA) is 84.5 Å². The first-order valence-electron chi connectivity index (χ1n) is 10.3. The Hall–Kier alpha value is -3.42. The zero-order chi connectivity index (χ0) is 22.5. The van der Waals surface area contributed by atoms with Crippen LogP contribution in [0.5, 0.6) is 0 Å². The van der Waals surface area contributed by atoms with Gasteiger partial charge >= 0.3 is 6.03 Å². The summed E-state index contributed by atoms with van der Waals surface area (Å²) in [6.45, 7) is 12.2. The average Bonchev–Trinajstić information content (AvgIpc) is 3.34. The number of carbonyl (C=O) groups is 2. The third-order valence-electron chi connectivity index (χ3n) is 6.25. The van der Waals surface area contributed by atoms with Crippen LogP contribution in [-0.2, 0) is 17.9 Å². The van der Waals surface area contributed by atoms with Gasteiger partial charge in [-0.05, 0) is 58.2 Å². The maximum Gasteiger partial charge on any atom is 0.332 e. The van der Waals surface area contributed by atoms with Crippen molar-refractivity contribution >= 4 is 17.6 Å². The van der Waals surface area contributed by atoms with Crippen LogP contribution >= 0.6 is 0 Å². The van der Waals surface area contributed by atoms with Crippen LogP contribution in [0.1, 0.15) is 47.6 Å². The summed E-state index contributed by atoms with van der Waals surface area (Å²) in [4.78, 5) is 29.4. The van der Waals surface area contributed by atoms with E-state index in [0.717, 1.165) is 33.7 Å². The third-order valence-corrected chi connectivity index (χ3v) is 6.25. The van der Waals surface area contributed by atoms with Gasteiger partial charge in [-0.15, -0.1) is 0 Å². The maximum atomic E-state index is 13.3. The molecule has 0 aliphatic carbocycles. The molecule has 0 unspecified atom stereocenters. The molecule has 162 valence electrons. The Morgan fingerprint density at radius 2 is 1.81 bits per heavy atom. The highest BCUT2D eigenvalue weighted by Gasteiger charge is 2.52. The lowest BCUT2D eigenvalue weighted by atomic mass is 9.99. The first-order valence-corrected chi connectivity index (χ1v) is 10.3. The summed E-state index contributed by atoms with van der Waals surface area (Å²) in [5.41, 5.74) is 4.55. The van der Waals surface area contributed by atoms with Crippen LogP contribution in [0.2, 0.25) is 0 Å². The molecule has 0 atom stereocenters. The normalized spacial score (nSPS) is 15.9. The van der Waals surface area contributed by atoms with Gasteiger partial charge in [0.2, 0.25) is 0 Å². The van der Waals surface area contributed by atoms with E-state index in [9.17, 15) is 9.59 Å². The predicted molar refractivity (Wildman–Crippen MR) is 116 cm³/mol. The molecule has 1 aliphatic heterocycles. The Balaban J connectivity index is 1.61. The van der Waals surface area contributed by atoms with Gasteiger partial charge < -0.3 is 9.42 Å². The smallest absolute Gasteiger partial charge is 0.332 e. The molecule has 4 rings (SSSR count). The molecule has 3 aromatic rings. The highest BCUT2D eigenvalue weighted by molar-refractivity contribution is 6.22. The SMILES string of the molecule is Cc1cccc(CN2C(=O)N(c3cnn(Cc4c(C)noc4C)c3)C(=O)C2(C)C)c1C. The Labute approximate surface area is 181 Å². The molecular formula is C23H27N5O3. The number of hydrogen-bond acceptors (Lipinski definition) is 5. The number of urea groups is 1. The van der Waals surface area contributed by atoms with Crippen LogP contribution < -0.4 is 4.90 Å². The summed E-state index contributed by atoms with van der Waals surface area (Å²) in [6, 6.07) is 5.68. The molecule has 8 nitrogen and oxygen atoms in total. The number of aryl methyl sites for hydroxylation is 3. The van der Waals surface area contributed by atoms with E-state index < -0.39 is 5.54 Å². The first-order chi connectivity index (χ1) is 14.6. The minimum atomic E-state index is -0.961. The van der Waals surface area contributed by atoms with Crippen LogP contribution in [0, 0.1) is 27.7 Å². The summed E-state index contributed by atoms with van der Waals surface area (Å²) < 4.78 is 6.89. The summed E-state index contributed by atoms with van der Waals surface area (Å²) in [5, 5.41) is 8.31. The molecular weight excluding hydrogens is 394 g/mol. The zero-order valence-corrected chi connectivity index (χ0v) is 18.8. The first kappa shape index (κ1) is 20.8. The molecule has 3 amide bonds. The lowest BCUT2D eigenvalue weighted by Gasteiger charge is -2.28. The molecule has 0 spiro atoms. The molecule has 0 saturated carbocycles. The van der Waals surface area contributed by atoms with Crippen LogP contribution in [0.15, 0.2) is 35.1 Å². The highest BCUT2D eigenvalue weighted by Crippen LogP contribution is 2.34. The Bertz CT molecular complexity index is 1150. The number of nitrogens with zero attached hydrogens (tertiary/aromatic N) is 5. The summed E-state index contributed by atoms with van der Waals surface area (Å²) in [7, 11) is 0. The van der Waals surface area contributed by atoms with Crippen molar-refractivity contribution in [1.82, 2.24) is 19.8 Å². The van der Waals surface area contributed by atoms with Gasteiger partial charge in [-0.25, -0.2) is 9.69 Å². The van der Waals surface area contributed by atoms with Crippen molar-refractivity contribution in [1.29, 1.82) is 0 Å². The van der Waals surface area contributed by atoms with E-state index in [4.69, 9.17) is 4.52 Å². The molecule has 8 heteroatoms. The number of benzene rings is 1. The van der Waals surface area contributed by atoms with Crippen molar-refractivity contribution in [2.75, 3.05) is 4.90 Å². The fourth-order valence-electron chi connectivity index (χ4n) is 3.93. The molecule has 1 saturated heterocycles. The van der Waals surface area contributed by atoms with Gasteiger partial charge in [0.05, 0.1) is 24.1 Å². The molecule has 3 heterocycles. The molecule has 1 aliphatic rings. The quantitative estimate of drug-likeness (QED) is 0.584. The molecule has 2 aromatic heterocycles. The van der Waals surface area contributed by atoms with Crippen molar-refractivity contribution in [3.63, 3.8) is 0 Å². The zero-order valence-electron chi connectivity index (χ0n) is 18.8. The molecule has 0 bridgehead atoms. The van der Waals surface area contributed by atoms with Crippen LogP contribution in [0.3, 0.4) is 0 Å². The maximum absolute atomic E-state index is 13.3. The standard InChI is InChI=1S/C23H27N5O3/c1-14-8-7-9-18(15(14)2)11-27-22(30)28(21(29)23(27,5)6)19-10-24-26(12-19)13-20-16(3)25-31-17(20)4/h7-10,12H,11,13H2,1-6H3. The summed E-state index contributed by atoms with van der Waals surface area (Å²) in [5.74, 6) is 0.461.